The lowest BCUT2D eigenvalue weighted by molar-refractivity contribution is 0.619. The molecule has 0 unspecified atom stereocenters. The molecule has 2 nitrogen and oxygen atoms in total. The third-order valence-corrected chi connectivity index (χ3v) is 3.04. The largest absolute Gasteiger partial charge is 0.456 e. The summed E-state index contributed by atoms with van der Waals surface area (Å²) in [7, 11) is 0. The molecule has 0 aliphatic carbocycles. The van der Waals surface area contributed by atoms with Gasteiger partial charge in [0.2, 0.25) is 0 Å². The van der Waals surface area contributed by atoms with Crippen molar-refractivity contribution in [1.82, 2.24) is 0 Å². The van der Waals surface area contributed by atoms with Gasteiger partial charge in [-0.2, -0.15) is 0 Å². The van der Waals surface area contributed by atoms with Crippen LogP contribution in [0, 0.1) is 0 Å². The monoisotopic (exact) mass is 290 g/mol. The second-order valence-corrected chi connectivity index (χ2v) is 4.89. The van der Waals surface area contributed by atoms with Crippen LogP contribution in [0.3, 0.4) is 0 Å². The van der Waals surface area contributed by atoms with Crippen molar-refractivity contribution in [2.45, 2.75) is 6.92 Å². The van der Waals surface area contributed by atoms with E-state index in [0.29, 0.717) is 16.7 Å². The maximum Gasteiger partial charge on any atom is 0.193 e. The quantitative estimate of drug-likeness (QED) is 0.606. The Balaban J connectivity index is 0.000000309. The highest BCUT2D eigenvalue weighted by molar-refractivity contribution is 5.78. The van der Waals surface area contributed by atoms with Crippen molar-refractivity contribution in [3.63, 3.8) is 0 Å². The number of allylic oxidation sites excluding steroid dienone is 2. The number of fused-ring (bicyclic) bond motifs is 1. The van der Waals surface area contributed by atoms with E-state index in [2.05, 4.69) is 13.2 Å². The summed E-state index contributed by atoms with van der Waals surface area (Å²) in [6.45, 7) is 8.93. The summed E-state index contributed by atoms with van der Waals surface area (Å²) in [5, 5.41) is 0.618. The number of rotatable bonds is 2. The lowest BCUT2D eigenvalue weighted by atomic mass is 10.1. The van der Waals surface area contributed by atoms with E-state index in [0.717, 1.165) is 11.1 Å². The fourth-order valence-electron chi connectivity index (χ4n) is 1.85. The minimum absolute atomic E-state index is 0.00861. The Morgan fingerprint density at radius 2 is 1.64 bits per heavy atom. The molecule has 0 atom stereocenters. The van der Waals surface area contributed by atoms with Crippen LogP contribution in [-0.2, 0) is 0 Å². The molecule has 2 aromatic carbocycles. The molecule has 1 heterocycles. The lowest BCUT2D eigenvalue weighted by Gasteiger charge is -2.02. The maximum absolute atomic E-state index is 11.9. The van der Waals surface area contributed by atoms with Crippen molar-refractivity contribution in [2.75, 3.05) is 0 Å². The molecule has 0 amide bonds. The van der Waals surface area contributed by atoms with Crippen molar-refractivity contribution in [3.8, 4) is 11.3 Å². The molecule has 0 N–H and O–H groups in total. The minimum atomic E-state index is -0.00861. The second kappa shape index (κ2) is 7.23. The third kappa shape index (κ3) is 3.83. The fourth-order valence-corrected chi connectivity index (χ4v) is 1.85. The van der Waals surface area contributed by atoms with Crippen LogP contribution in [0.4, 0.5) is 0 Å². The first kappa shape index (κ1) is 15.5. The predicted octanol–water partition coefficient (Wildman–Crippen LogP) is 5.21. The van der Waals surface area contributed by atoms with Gasteiger partial charge in [-0.3, -0.25) is 4.79 Å². The third-order valence-electron chi connectivity index (χ3n) is 3.04. The van der Waals surface area contributed by atoms with Crippen LogP contribution in [0.25, 0.3) is 22.3 Å². The number of para-hydroxylation sites is 1. The molecule has 0 aliphatic heterocycles. The van der Waals surface area contributed by atoms with Gasteiger partial charge in [0.15, 0.2) is 5.43 Å². The van der Waals surface area contributed by atoms with Gasteiger partial charge < -0.3 is 4.42 Å². The summed E-state index contributed by atoms with van der Waals surface area (Å²) in [4.78, 5) is 11.9. The predicted molar refractivity (Wildman–Crippen MR) is 92.9 cm³/mol. The average Bonchev–Trinajstić information content (AvgIpc) is 2.56. The van der Waals surface area contributed by atoms with Crippen molar-refractivity contribution in [1.29, 1.82) is 0 Å². The zero-order valence-electron chi connectivity index (χ0n) is 12.6. The summed E-state index contributed by atoms with van der Waals surface area (Å²) < 4.78 is 5.73. The second-order valence-electron chi connectivity index (χ2n) is 4.89. The Morgan fingerprint density at radius 3 is 2.27 bits per heavy atom. The van der Waals surface area contributed by atoms with E-state index in [-0.39, 0.29) is 5.43 Å². The van der Waals surface area contributed by atoms with Gasteiger partial charge in [0.25, 0.3) is 0 Å². The van der Waals surface area contributed by atoms with Crippen LogP contribution >= 0.6 is 0 Å². The minimum Gasteiger partial charge on any atom is -0.456 e. The molecule has 0 radical (unpaired) electrons. The first-order chi connectivity index (χ1) is 10.6. The summed E-state index contributed by atoms with van der Waals surface area (Å²) in [6, 6.07) is 18.4. The molecule has 22 heavy (non-hydrogen) atoms. The average molecular weight is 290 g/mol. The molecule has 0 saturated heterocycles. The molecule has 0 bridgehead atoms. The Labute approximate surface area is 130 Å². The Morgan fingerprint density at radius 1 is 1.05 bits per heavy atom. The molecular formula is C20H18O2. The van der Waals surface area contributed by atoms with Gasteiger partial charge in [-0.25, -0.2) is 0 Å². The molecule has 0 saturated carbocycles. The molecule has 3 aromatic rings. The van der Waals surface area contributed by atoms with E-state index in [1.54, 1.807) is 12.1 Å². The summed E-state index contributed by atoms with van der Waals surface area (Å²) in [5.41, 5.74) is 2.55. The molecular weight excluding hydrogens is 272 g/mol. The van der Waals surface area contributed by atoms with E-state index >= 15 is 0 Å². The number of hydrogen-bond acceptors (Lipinski definition) is 2. The summed E-state index contributed by atoms with van der Waals surface area (Å²) in [6.07, 6.45) is 1.72. The van der Waals surface area contributed by atoms with Gasteiger partial charge in [0.05, 0.1) is 5.39 Å². The van der Waals surface area contributed by atoms with E-state index < -0.39 is 0 Å². The van der Waals surface area contributed by atoms with Crippen LogP contribution in [0.15, 0.2) is 94.7 Å². The first-order valence-corrected chi connectivity index (χ1v) is 6.98. The zero-order valence-corrected chi connectivity index (χ0v) is 12.6. The summed E-state index contributed by atoms with van der Waals surface area (Å²) in [5.74, 6) is 0.606. The van der Waals surface area contributed by atoms with E-state index in [1.165, 1.54) is 6.07 Å². The van der Waals surface area contributed by atoms with Gasteiger partial charge in [-0.1, -0.05) is 67.3 Å². The van der Waals surface area contributed by atoms with Gasteiger partial charge in [-0.15, -0.1) is 0 Å². The standard InChI is InChI=1S/C15H10O2.C5H8/c16-13-10-15(11-6-2-1-3-7-11)17-14-9-5-4-8-12(13)14;1-4-5(2)3/h1-10H;4H,1-2H2,3H3. The van der Waals surface area contributed by atoms with Gasteiger partial charge in [-0.05, 0) is 19.1 Å². The number of hydrogen-bond donors (Lipinski definition) is 0. The molecule has 3 rings (SSSR count). The molecule has 110 valence electrons. The Hall–Kier alpha value is -2.87. The van der Waals surface area contributed by atoms with Crippen LogP contribution in [-0.4, -0.2) is 0 Å². The molecule has 2 heteroatoms. The van der Waals surface area contributed by atoms with Crippen molar-refractivity contribution < 1.29 is 4.42 Å². The molecule has 1 aromatic heterocycles. The SMILES string of the molecule is C=CC(=C)C.O=c1cc(-c2ccccc2)oc2ccccc12. The van der Waals surface area contributed by atoms with Crippen molar-refractivity contribution in [2.24, 2.45) is 0 Å². The Kier molecular flexibility index (Phi) is 5.10. The van der Waals surface area contributed by atoms with E-state index in [4.69, 9.17) is 4.42 Å². The van der Waals surface area contributed by atoms with Crippen LogP contribution in [0.1, 0.15) is 6.92 Å². The van der Waals surface area contributed by atoms with Gasteiger partial charge in [0, 0.05) is 11.6 Å². The molecule has 0 fully saturated rings. The van der Waals surface area contributed by atoms with Crippen molar-refractivity contribution in [3.05, 3.63) is 95.7 Å². The lowest BCUT2D eigenvalue weighted by Crippen LogP contribution is -1.99. The smallest absolute Gasteiger partial charge is 0.193 e. The molecule has 0 spiro atoms. The maximum atomic E-state index is 11.9. The number of benzene rings is 2. The van der Waals surface area contributed by atoms with Crippen molar-refractivity contribution >= 4 is 11.0 Å². The topological polar surface area (TPSA) is 30.2 Å². The van der Waals surface area contributed by atoms with Crippen LogP contribution < -0.4 is 5.43 Å². The highest BCUT2D eigenvalue weighted by Crippen LogP contribution is 2.21. The van der Waals surface area contributed by atoms with Crippen LogP contribution in [0.2, 0.25) is 0 Å². The molecule has 0 aliphatic rings. The zero-order chi connectivity index (χ0) is 15.9. The summed E-state index contributed by atoms with van der Waals surface area (Å²) >= 11 is 0. The fraction of sp³-hybridized carbons (Fsp3) is 0.0500. The Bertz CT molecular complexity index is 842. The van der Waals surface area contributed by atoms with Gasteiger partial charge >= 0.3 is 0 Å². The normalized spacial score (nSPS) is 9.68. The van der Waals surface area contributed by atoms with Crippen LogP contribution in [0.5, 0.6) is 0 Å². The van der Waals surface area contributed by atoms with E-state index in [1.807, 2.05) is 55.5 Å². The first-order valence-electron chi connectivity index (χ1n) is 6.98. The van der Waals surface area contributed by atoms with Gasteiger partial charge in [0.1, 0.15) is 11.3 Å². The van der Waals surface area contributed by atoms with E-state index in [9.17, 15) is 4.79 Å². The highest BCUT2D eigenvalue weighted by Gasteiger charge is 2.05. The highest BCUT2D eigenvalue weighted by atomic mass is 16.3.